The lowest BCUT2D eigenvalue weighted by atomic mass is 10.0. The quantitative estimate of drug-likeness (QED) is 0.871. The maximum absolute atomic E-state index is 12.2. The van der Waals surface area contributed by atoms with Gasteiger partial charge in [0.25, 0.3) is 0 Å². The molecule has 1 unspecified atom stereocenters. The van der Waals surface area contributed by atoms with E-state index in [9.17, 15) is 14.7 Å². The molecule has 2 N–H and O–H groups in total. The average Bonchev–Trinajstić information content (AvgIpc) is 2.94. The second-order valence-corrected chi connectivity index (χ2v) is 4.69. The number of aromatic nitrogens is 2. The second kappa shape index (κ2) is 5.28. The Kier molecular flexibility index (Phi) is 3.31. The summed E-state index contributed by atoms with van der Waals surface area (Å²) in [5.74, 6) is -0.698. The standard InChI is InChI=1S/C14H13N3O4/c18-13(19)12-6-10-11(16-8-15-10)7-17(12)14(20)21-9-4-2-1-3-5-9/h1-5,8,12H,6-7H2,(H,15,16)(H,18,19). The van der Waals surface area contributed by atoms with E-state index in [-0.39, 0.29) is 13.0 Å². The highest BCUT2D eigenvalue weighted by atomic mass is 16.6. The first-order valence-electron chi connectivity index (χ1n) is 6.42. The minimum atomic E-state index is -1.08. The summed E-state index contributed by atoms with van der Waals surface area (Å²) in [6, 6.07) is 7.58. The minimum absolute atomic E-state index is 0.137. The number of imidazole rings is 1. The number of fused-ring (bicyclic) bond motifs is 1. The number of nitrogens with one attached hydrogen (secondary N) is 1. The van der Waals surface area contributed by atoms with E-state index in [0.29, 0.717) is 11.4 Å². The molecule has 0 saturated heterocycles. The summed E-state index contributed by atoms with van der Waals surface area (Å²) in [4.78, 5) is 31.8. The van der Waals surface area contributed by atoms with Gasteiger partial charge in [0.2, 0.25) is 0 Å². The molecule has 1 amide bonds. The zero-order valence-corrected chi connectivity index (χ0v) is 11.0. The van der Waals surface area contributed by atoms with Crippen LogP contribution in [0.25, 0.3) is 0 Å². The number of carbonyl (C=O) groups excluding carboxylic acids is 1. The molecule has 0 bridgehead atoms. The summed E-state index contributed by atoms with van der Waals surface area (Å²) in [6.45, 7) is 0.137. The number of hydrogen-bond donors (Lipinski definition) is 2. The molecule has 21 heavy (non-hydrogen) atoms. The molecule has 3 rings (SSSR count). The first kappa shape index (κ1) is 13.2. The molecule has 2 heterocycles. The zero-order chi connectivity index (χ0) is 14.8. The monoisotopic (exact) mass is 287 g/mol. The Morgan fingerprint density at radius 3 is 2.81 bits per heavy atom. The fraction of sp³-hybridized carbons (Fsp3) is 0.214. The number of carboxylic acid groups (broad SMARTS) is 1. The van der Waals surface area contributed by atoms with Crippen LogP contribution in [0.3, 0.4) is 0 Å². The van der Waals surface area contributed by atoms with Crippen LogP contribution in [0.15, 0.2) is 36.7 Å². The van der Waals surface area contributed by atoms with Crippen molar-refractivity contribution in [1.29, 1.82) is 0 Å². The molecule has 0 aliphatic carbocycles. The van der Waals surface area contributed by atoms with Gasteiger partial charge in [-0.3, -0.25) is 4.90 Å². The van der Waals surface area contributed by atoms with E-state index >= 15 is 0 Å². The van der Waals surface area contributed by atoms with Crippen LogP contribution in [0.2, 0.25) is 0 Å². The number of ether oxygens (including phenoxy) is 1. The number of carbonyl (C=O) groups is 2. The number of para-hydroxylation sites is 1. The van der Waals surface area contributed by atoms with Crippen molar-refractivity contribution in [2.75, 3.05) is 0 Å². The molecule has 1 aromatic carbocycles. The Labute approximate surface area is 120 Å². The molecule has 0 radical (unpaired) electrons. The fourth-order valence-corrected chi connectivity index (χ4v) is 2.30. The van der Waals surface area contributed by atoms with Gasteiger partial charge < -0.3 is 14.8 Å². The molecule has 0 saturated carbocycles. The summed E-state index contributed by atoms with van der Waals surface area (Å²) >= 11 is 0. The van der Waals surface area contributed by atoms with Crippen LogP contribution in [-0.4, -0.2) is 38.1 Å². The van der Waals surface area contributed by atoms with Gasteiger partial charge >= 0.3 is 12.1 Å². The van der Waals surface area contributed by atoms with E-state index in [1.165, 1.54) is 11.2 Å². The number of rotatable bonds is 2. The highest BCUT2D eigenvalue weighted by Crippen LogP contribution is 2.22. The number of amides is 1. The number of benzene rings is 1. The minimum Gasteiger partial charge on any atom is -0.480 e. The van der Waals surface area contributed by atoms with Gasteiger partial charge in [0.15, 0.2) is 0 Å². The molecule has 0 fully saturated rings. The Hall–Kier alpha value is -2.83. The third-order valence-electron chi connectivity index (χ3n) is 3.37. The van der Waals surface area contributed by atoms with Crippen LogP contribution in [0.4, 0.5) is 4.79 Å². The number of hydrogen-bond acceptors (Lipinski definition) is 4. The highest BCUT2D eigenvalue weighted by Gasteiger charge is 2.37. The lowest BCUT2D eigenvalue weighted by Gasteiger charge is -2.31. The molecular formula is C14H13N3O4. The third kappa shape index (κ3) is 2.58. The van der Waals surface area contributed by atoms with Crippen LogP contribution in [0.1, 0.15) is 11.4 Å². The summed E-state index contributed by atoms with van der Waals surface area (Å²) in [5, 5.41) is 9.30. The van der Waals surface area contributed by atoms with Gasteiger partial charge in [0.05, 0.1) is 24.3 Å². The van der Waals surface area contributed by atoms with E-state index in [4.69, 9.17) is 4.74 Å². The van der Waals surface area contributed by atoms with Crippen molar-refractivity contribution >= 4 is 12.1 Å². The van der Waals surface area contributed by atoms with Gasteiger partial charge in [-0.05, 0) is 12.1 Å². The van der Waals surface area contributed by atoms with E-state index in [1.807, 2.05) is 0 Å². The van der Waals surface area contributed by atoms with Crippen molar-refractivity contribution in [1.82, 2.24) is 14.9 Å². The number of aliphatic carboxylic acids is 1. The van der Waals surface area contributed by atoms with Crippen LogP contribution in [-0.2, 0) is 17.8 Å². The summed E-state index contributed by atoms with van der Waals surface area (Å²) in [6.07, 6.45) is 0.974. The average molecular weight is 287 g/mol. The van der Waals surface area contributed by atoms with Crippen molar-refractivity contribution < 1.29 is 19.4 Å². The highest BCUT2D eigenvalue weighted by molar-refractivity contribution is 5.81. The second-order valence-electron chi connectivity index (χ2n) is 4.69. The smallest absolute Gasteiger partial charge is 0.416 e. The Balaban J connectivity index is 1.82. The van der Waals surface area contributed by atoms with Crippen molar-refractivity contribution in [3.05, 3.63) is 48.0 Å². The predicted molar refractivity (Wildman–Crippen MR) is 71.7 cm³/mol. The molecule has 0 spiro atoms. The van der Waals surface area contributed by atoms with Gasteiger partial charge in [-0.25, -0.2) is 14.6 Å². The largest absolute Gasteiger partial charge is 0.480 e. The summed E-state index contributed by atoms with van der Waals surface area (Å²) in [5.41, 5.74) is 1.41. The SMILES string of the molecule is O=C(O)C1Cc2nc[nH]c2CN1C(=O)Oc1ccccc1. The number of aromatic amines is 1. The molecule has 1 aliphatic rings. The molecule has 2 aromatic rings. The van der Waals surface area contributed by atoms with Gasteiger partial charge in [-0.2, -0.15) is 0 Å². The maximum Gasteiger partial charge on any atom is 0.416 e. The van der Waals surface area contributed by atoms with Gasteiger partial charge in [0.1, 0.15) is 11.8 Å². The summed E-state index contributed by atoms with van der Waals surface area (Å²) in [7, 11) is 0. The van der Waals surface area contributed by atoms with Crippen LogP contribution in [0.5, 0.6) is 5.75 Å². The summed E-state index contributed by atoms with van der Waals surface area (Å²) < 4.78 is 5.22. The van der Waals surface area contributed by atoms with Gasteiger partial charge in [0, 0.05) is 6.42 Å². The number of carboxylic acids is 1. The van der Waals surface area contributed by atoms with E-state index in [1.54, 1.807) is 30.3 Å². The lowest BCUT2D eigenvalue weighted by Crippen LogP contribution is -2.49. The molecule has 1 atom stereocenters. The fourth-order valence-electron chi connectivity index (χ4n) is 2.30. The Morgan fingerprint density at radius 2 is 2.10 bits per heavy atom. The normalized spacial score (nSPS) is 17.1. The van der Waals surface area contributed by atoms with Crippen molar-refractivity contribution in [2.24, 2.45) is 0 Å². The third-order valence-corrected chi connectivity index (χ3v) is 3.37. The Bertz CT molecular complexity index is 668. The van der Waals surface area contributed by atoms with E-state index in [0.717, 1.165) is 5.69 Å². The lowest BCUT2D eigenvalue weighted by molar-refractivity contribution is -0.143. The zero-order valence-electron chi connectivity index (χ0n) is 11.0. The molecule has 1 aliphatic heterocycles. The van der Waals surface area contributed by atoms with Crippen molar-refractivity contribution in [2.45, 2.75) is 19.0 Å². The molecule has 108 valence electrons. The molecule has 1 aromatic heterocycles. The van der Waals surface area contributed by atoms with Crippen LogP contribution < -0.4 is 4.74 Å². The number of nitrogens with zero attached hydrogens (tertiary/aromatic N) is 2. The van der Waals surface area contributed by atoms with E-state index < -0.39 is 18.1 Å². The first-order valence-corrected chi connectivity index (χ1v) is 6.42. The molecular weight excluding hydrogens is 274 g/mol. The van der Waals surface area contributed by atoms with Gasteiger partial charge in [-0.1, -0.05) is 18.2 Å². The Morgan fingerprint density at radius 1 is 1.33 bits per heavy atom. The maximum atomic E-state index is 12.2. The topological polar surface area (TPSA) is 95.5 Å². The van der Waals surface area contributed by atoms with Crippen molar-refractivity contribution in [3.63, 3.8) is 0 Å². The number of H-pyrrole nitrogens is 1. The van der Waals surface area contributed by atoms with Crippen LogP contribution >= 0.6 is 0 Å². The van der Waals surface area contributed by atoms with Gasteiger partial charge in [-0.15, -0.1) is 0 Å². The molecule has 7 heteroatoms. The molecule has 7 nitrogen and oxygen atoms in total. The van der Waals surface area contributed by atoms with Crippen LogP contribution in [0, 0.1) is 0 Å². The van der Waals surface area contributed by atoms with Crippen molar-refractivity contribution in [3.8, 4) is 5.75 Å². The van der Waals surface area contributed by atoms with E-state index in [2.05, 4.69) is 9.97 Å². The predicted octanol–water partition coefficient (Wildman–Crippen LogP) is 1.42. The first-order chi connectivity index (χ1) is 10.1.